The van der Waals surface area contributed by atoms with Crippen molar-refractivity contribution in [1.29, 1.82) is 5.26 Å². The molecule has 0 heterocycles. The molecule has 0 unspecified atom stereocenters. The maximum atomic E-state index is 12.7. The number of amides is 1. The molecule has 3 aromatic carbocycles. The zero-order valence-corrected chi connectivity index (χ0v) is 15.2. The maximum absolute atomic E-state index is 12.7. The van der Waals surface area contributed by atoms with E-state index in [1.54, 1.807) is 18.2 Å². The molecule has 3 rings (SSSR count). The van der Waals surface area contributed by atoms with Crippen LogP contribution in [0.1, 0.15) is 29.7 Å². The second kappa shape index (κ2) is 8.79. The third-order valence-electron chi connectivity index (χ3n) is 4.52. The van der Waals surface area contributed by atoms with Crippen LogP contribution in [-0.4, -0.2) is 11.9 Å². The Morgan fingerprint density at radius 1 is 0.889 bits per heavy atom. The highest BCUT2D eigenvalue weighted by Gasteiger charge is 2.25. The minimum atomic E-state index is -0.331. The lowest BCUT2D eigenvalue weighted by Gasteiger charge is -2.21. The first-order valence-corrected chi connectivity index (χ1v) is 8.94. The second-order valence-corrected chi connectivity index (χ2v) is 6.43. The molecule has 0 radical (unpaired) electrons. The standard InChI is InChI=1S/C23H21N3O/c1-17(23(27)26-21-15-9-8-14-20(21)16-24)25-22(18-10-4-2-5-11-18)19-12-6-3-7-13-19/h2-15,17,22,25H,1H3,(H,26,27)/p+1/t17-/m0/s1. The molecule has 0 saturated heterocycles. The number of hydrogen-bond donors (Lipinski definition) is 2. The normalized spacial score (nSPS) is 11.6. The number of rotatable bonds is 6. The Kier molecular flexibility index (Phi) is 5.98. The van der Waals surface area contributed by atoms with Gasteiger partial charge in [0.15, 0.2) is 6.04 Å². The third-order valence-corrected chi connectivity index (χ3v) is 4.52. The first kappa shape index (κ1) is 18.4. The highest BCUT2D eigenvalue weighted by atomic mass is 16.2. The number of quaternary nitrogens is 1. The van der Waals surface area contributed by atoms with Crippen molar-refractivity contribution < 1.29 is 10.1 Å². The Morgan fingerprint density at radius 3 is 1.96 bits per heavy atom. The predicted octanol–water partition coefficient (Wildman–Crippen LogP) is 3.24. The molecule has 0 aromatic heterocycles. The third kappa shape index (κ3) is 4.60. The van der Waals surface area contributed by atoms with Crippen molar-refractivity contribution in [1.82, 2.24) is 0 Å². The van der Waals surface area contributed by atoms with Crippen molar-refractivity contribution in [3.05, 3.63) is 102 Å². The summed E-state index contributed by atoms with van der Waals surface area (Å²) in [7, 11) is 0. The molecule has 1 atom stereocenters. The highest BCUT2D eigenvalue weighted by molar-refractivity contribution is 5.94. The number of carbonyl (C=O) groups excluding carboxylic acids is 1. The number of para-hydroxylation sites is 1. The summed E-state index contributed by atoms with van der Waals surface area (Å²) in [6.45, 7) is 1.88. The summed E-state index contributed by atoms with van der Waals surface area (Å²) in [6, 6.07) is 29.1. The molecule has 0 saturated carbocycles. The van der Waals surface area contributed by atoms with Gasteiger partial charge in [-0.3, -0.25) is 4.79 Å². The Balaban J connectivity index is 1.79. The van der Waals surface area contributed by atoms with Crippen LogP contribution < -0.4 is 10.6 Å². The van der Waals surface area contributed by atoms with Gasteiger partial charge >= 0.3 is 0 Å². The first-order valence-electron chi connectivity index (χ1n) is 8.94. The molecule has 4 nitrogen and oxygen atoms in total. The summed E-state index contributed by atoms with van der Waals surface area (Å²) >= 11 is 0. The van der Waals surface area contributed by atoms with E-state index in [1.165, 1.54) is 0 Å². The zero-order valence-electron chi connectivity index (χ0n) is 15.2. The number of hydrogen-bond acceptors (Lipinski definition) is 2. The predicted molar refractivity (Wildman–Crippen MR) is 106 cm³/mol. The summed E-state index contributed by atoms with van der Waals surface area (Å²) in [6.07, 6.45) is 0. The van der Waals surface area contributed by atoms with Crippen LogP contribution in [0.4, 0.5) is 5.69 Å². The molecule has 0 spiro atoms. The second-order valence-electron chi connectivity index (χ2n) is 6.43. The van der Waals surface area contributed by atoms with E-state index in [2.05, 4.69) is 41.0 Å². The van der Waals surface area contributed by atoms with Crippen molar-refractivity contribution >= 4 is 11.6 Å². The molecular formula is C23H22N3O+. The number of nitriles is 1. The van der Waals surface area contributed by atoms with Crippen LogP contribution in [0.2, 0.25) is 0 Å². The van der Waals surface area contributed by atoms with Gasteiger partial charge in [-0.25, -0.2) is 0 Å². The molecule has 0 aliphatic carbocycles. The average Bonchev–Trinajstić information content (AvgIpc) is 2.73. The Hall–Kier alpha value is -3.42. The Labute approximate surface area is 159 Å². The fourth-order valence-electron chi connectivity index (χ4n) is 3.05. The minimum Gasteiger partial charge on any atom is -0.326 e. The van der Waals surface area contributed by atoms with Gasteiger partial charge in [0, 0.05) is 11.1 Å². The van der Waals surface area contributed by atoms with Crippen molar-refractivity contribution in [3.8, 4) is 6.07 Å². The minimum absolute atomic E-state index is 0.0133. The summed E-state index contributed by atoms with van der Waals surface area (Å²) in [4.78, 5) is 12.7. The summed E-state index contributed by atoms with van der Waals surface area (Å²) in [5, 5.41) is 14.1. The van der Waals surface area contributed by atoms with E-state index in [-0.39, 0.29) is 18.0 Å². The SMILES string of the molecule is C[C@H]([NH2+]C(c1ccccc1)c1ccccc1)C(=O)Nc1ccccc1C#N. The molecule has 3 N–H and O–H groups in total. The summed E-state index contributed by atoms with van der Waals surface area (Å²) in [5.41, 5.74) is 3.28. The van der Waals surface area contributed by atoms with Crippen molar-refractivity contribution in [2.45, 2.75) is 19.0 Å². The van der Waals surface area contributed by atoms with Crippen LogP contribution in [0.25, 0.3) is 0 Å². The van der Waals surface area contributed by atoms with E-state index in [1.807, 2.05) is 49.4 Å². The van der Waals surface area contributed by atoms with E-state index < -0.39 is 0 Å². The van der Waals surface area contributed by atoms with Gasteiger partial charge in [0.25, 0.3) is 5.91 Å². The fraction of sp³-hybridized carbons (Fsp3) is 0.130. The van der Waals surface area contributed by atoms with Gasteiger partial charge in [0.1, 0.15) is 12.1 Å². The van der Waals surface area contributed by atoms with E-state index in [4.69, 9.17) is 0 Å². The van der Waals surface area contributed by atoms with Gasteiger partial charge < -0.3 is 10.6 Å². The highest BCUT2D eigenvalue weighted by Crippen LogP contribution is 2.18. The Morgan fingerprint density at radius 2 is 1.41 bits per heavy atom. The Bertz CT molecular complexity index is 893. The van der Waals surface area contributed by atoms with E-state index in [9.17, 15) is 10.1 Å². The van der Waals surface area contributed by atoms with Gasteiger partial charge in [-0.05, 0) is 19.1 Å². The van der Waals surface area contributed by atoms with Crippen LogP contribution in [0.3, 0.4) is 0 Å². The average molecular weight is 356 g/mol. The molecule has 0 bridgehead atoms. The van der Waals surface area contributed by atoms with Gasteiger partial charge in [0.05, 0.1) is 11.3 Å². The molecule has 4 heteroatoms. The molecule has 134 valence electrons. The number of nitrogens with zero attached hydrogens (tertiary/aromatic N) is 1. The molecular weight excluding hydrogens is 334 g/mol. The van der Waals surface area contributed by atoms with E-state index >= 15 is 0 Å². The monoisotopic (exact) mass is 356 g/mol. The molecule has 0 fully saturated rings. The number of nitrogens with two attached hydrogens (primary N) is 1. The lowest BCUT2D eigenvalue weighted by Crippen LogP contribution is -2.92. The molecule has 1 amide bonds. The fourth-order valence-corrected chi connectivity index (χ4v) is 3.05. The molecule has 27 heavy (non-hydrogen) atoms. The lowest BCUT2D eigenvalue weighted by molar-refractivity contribution is -0.704. The largest absolute Gasteiger partial charge is 0.326 e. The van der Waals surface area contributed by atoms with Crippen LogP contribution >= 0.6 is 0 Å². The number of nitrogens with one attached hydrogen (secondary N) is 1. The summed E-state index contributed by atoms with van der Waals surface area (Å²) in [5.74, 6) is -0.130. The van der Waals surface area contributed by atoms with Gasteiger partial charge in [-0.2, -0.15) is 5.26 Å². The maximum Gasteiger partial charge on any atom is 0.282 e. The smallest absolute Gasteiger partial charge is 0.282 e. The van der Waals surface area contributed by atoms with Crippen molar-refractivity contribution in [2.75, 3.05) is 5.32 Å². The van der Waals surface area contributed by atoms with Crippen LogP contribution in [0.5, 0.6) is 0 Å². The number of carbonyl (C=O) groups is 1. The van der Waals surface area contributed by atoms with E-state index in [0.717, 1.165) is 11.1 Å². The lowest BCUT2D eigenvalue weighted by atomic mass is 9.98. The molecule has 0 aliphatic heterocycles. The molecule has 0 aliphatic rings. The van der Waals surface area contributed by atoms with Crippen LogP contribution in [0.15, 0.2) is 84.9 Å². The number of benzene rings is 3. The van der Waals surface area contributed by atoms with Gasteiger partial charge in [-0.1, -0.05) is 72.8 Å². The first-order chi connectivity index (χ1) is 13.2. The van der Waals surface area contributed by atoms with Crippen molar-refractivity contribution in [3.63, 3.8) is 0 Å². The molecule has 3 aromatic rings. The zero-order chi connectivity index (χ0) is 19.1. The van der Waals surface area contributed by atoms with Crippen molar-refractivity contribution in [2.24, 2.45) is 0 Å². The van der Waals surface area contributed by atoms with E-state index in [0.29, 0.717) is 11.3 Å². The van der Waals surface area contributed by atoms with Gasteiger partial charge in [0.2, 0.25) is 0 Å². The number of anilines is 1. The quantitative estimate of drug-likeness (QED) is 0.712. The summed E-state index contributed by atoms with van der Waals surface area (Å²) < 4.78 is 0. The van der Waals surface area contributed by atoms with Crippen LogP contribution in [0, 0.1) is 11.3 Å². The van der Waals surface area contributed by atoms with Gasteiger partial charge in [-0.15, -0.1) is 0 Å². The topological polar surface area (TPSA) is 69.5 Å². The van der Waals surface area contributed by atoms with Crippen LogP contribution in [-0.2, 0) is 4.79 Å².